The number of fused-ring (bicyclic) bond motifs is 1. The number of amides is 3. The Morgan fingerprint density at radius 2 is 1.48 bits per heavy atom. The summed E-state index contributed by atoms with van der Waals surface area (Å²) in [6, 6.07) is 20.0. The first kappa shape index (κ1) is 17.0. The fourth-order valence-corrected chi connectivity index (χ4v) is 3.20. The zero-order valence-electron chi connectivity index (χ0n) is 14.0. The summed E-state index contributed by atoms with van der Waals surface area (Å²) < 4.78 is 0. The zero-order chi connectivity index (χ0) is 19.0. The zero-order valence-corrected chi connectivity index (χ0v) is 14.7. The summed E-state index contributed by atoms with van der Waals surface area (Å²) in [5.74, 6) is -1.20. The minimum atomic E-state index is -0.421. The van der Waals surface area contributed by atoms with E-state index in [-0.39, 0.29) is 11.5 Å². The third-order valence-electron chi connectivity index (χ3n) is 4.28. The molecule has 0 radical (unpaired) electrons. The maximum absolute atomic E-state index is 12.7. The second-order valence-corrected chi connectivity index (χ2v) is 6.38. The van der Waals surface area contributed by atoms with Gasteiger partial charge in [0, 0.05) is 5.69 Å². The van der Waals surface area contributed by atoms with Crippen molar-refractivity contribution in [3.63, 3.8) is 0 Å². The Kier molecular flexibility index (Phi) is 4.22. The minimum Gasteiger partial charge on any atom is -0.322 e. The SMILES string of the molecule is O=C(Nc1ccc2c(c1)C(=O)N(c1ccccc1)C2=O)c1ccccc1Cl. The first-order valence-corrected chi connectivity index (χ1v) is 8.58. The number of para-hydroxylation sites is 1. The smallest absolute Gasteiger partial charge is 0.266 e. The molecular formula is C21H13ClN2O3. The van der Waals surface area contributed by atoms with E-state index in [0.29, 0.717) is 27.5 Å². The normalized spacial score (nSPS) is 12.9. The number of rotatable bonds is 3. The van der Waals surface area contributed by atoms with Crippen LogP contribution in [0.2, 0.25) is 5.02 Å². The van der Waals surface area contributed by atoms with Gasteiger partial charge in [-0.15, -0.1) is 0 Å². The highest BCUT2D eigenvalue weighted by Gasteiger charge is 2.36. The van der Waals surface area contributed by atoms with Crippen molar-refractivity contribution >= 4 is 40.7 Å². The molecule has 1 aliphatic rings. The molecule has 3 aromatic carbocycles. The van der Waals surface area contributed by atoms with E-state index in [9.17, 15) is 14.4 Å². The summed E-state index contributed by atoms with van der Waals surface area (Å²) >= 11 is 6.04. The van der Waals surface area contributed by atoms with Gasteiger partial charge in [0.25, 0.3) is 17.7 Å². The van der Waals surface area contributed by atoms with Crippen molar-refractivity contribution in [3.05, 3.63) is 94.5 Å². The Hall–Kier alpha value is -3.44. The number of carbonyl (C=O) groups is 3. The van der Waals surface area contributed by atoms with Crippen molar-refractivity contribution in [3.8, 4) is 0 Å². The lowest BCUT2D eigenvalue weighted by Gasteiger charge is -2.13. The molecule has 0 fully saturated rings. The Morgan fingerprint density at radius 3 is 2.22 bits per heavy atom. The van der Waals surface area contributed by atoms with Gasteiger partial charge in [-0.05, 0) is 42.5 Å². The summed E-state index contributed by atoms with van der Waals surface area (Å²) in [6.45, 7) is 0. The van der Waals surface area contributed by atoms with Crippen LogP contribution in [0.4, 0.5) is 11.4 Å². The van der Waals surface area contributed by atoms with Gasteiger partial charge in [0.05, 0.1) is 27.4 Å². The lowest BCUT2D eigenvalue weighted by molar-refractivity contribution is 0.0924. The third-order valence-corrected chi connectivity index (χ3v) is 4.61. The molecule has 3 aromatic rings. The van der Waals surface area contributed by atoms with E-state index >= 15 is 0 Å². The average Bonchev–Trinajstić information content (AvgIpc) is 2.93. The number of anilines is 2. The third kappa shape index (κ3) is 2.98. The van der Waals surface area contributed by atoms with Crippen LogP contribution in [0, 0.1) is 0 Å². The molecule has 27 heavy (non-hydrogen) atoms. The second kappa shape index (κ2) is 6.70. The Labute approximate surface area is 160 Å². The summed E-state index contributed by atoms with van der Waals surface area (Å²) in [6.07, 6.45) is 0. The van der Waals surface area contributed by atoms with Gasteiger partial charge in [-0.1, -0.05) is 41.9 Å². The van der Waals surface area contributed by atoms with Crippen molar-refractivity contribution in [1.82, 2.24) is 0 Å². The molecule has 4 rings (SSSR count). The molecule has 0 unspecified atom stereocenters. The quantitative estimate of drug-likeness (QED) is 0.689. The molecule has 6 heteroatoms. The molecular weight excluding hydrogens is 364 g/mol. The molecule has 132 valence electrons. The first-order valence-electron chi connectivity index (χ1n) is 8.20. The lowest BCUT2D eigenvalue weighted by Crippen LogP contribution is -2.29. The molecule has 0 aliphatic carbocycles. The van der Waals surface area contributed by atoms with Gasteiger partial charge >= 0.3 is 0 Å². The predicted octanol–water partition coefficient (Wildman–Crippen LogP) is 4.39. The number of nitrogens with zero attached hydrogens (tertiary/aromatic N) is 1. The number of benzene rings is 3. The van der Waals surface area contributed by atoms with Crippen molar-refractivity contribution in [2.45, 2.75) is 0 Å². The van der Waals surface area contributed by atoms with Crippen LogP contribution in [-0.2, 0) is 0 Å². The van der Waals surface area contributed by atoms with E-state index in [1.165, 1.54) is 6.07 Å². The molecule has 3 amide bonds. The monoisotopic (exact) mass is 376 g/mol. The van der Waals surface area contributed by atoms with E-state index in [1.54, 1.807) is 60.7 Å². The number of nitrogens with one attached hydrogen (secondary N) is 1. The second-order valence-electron chi connectivity index (χ2n) is 5.98. The maximum Gasteiger partial charge on any atom is 0.266 e. The van der Waals surface area contributed by atoms with Crippen LogP contribution in [0.15, 0.2) is 72.8 Å². The van der Waals surface area contributed by atoms with Gasteiger partial charge in [-0.3, -0.25) is 14.4 Å². The molecule has 0 spiro atoms. The fourth-order valence-electron chi connectivity index (χ4n) is 2.97. The van der Waals surface area contributed by atoms with Crippen molar-refractivity contribution in [2.24, 2.45) is 0 Å². The Morgan fingerprint density at radius 1 is 0.815 bits per heavy atom. The van der Waals surface area contributed by atoms with Crippen molar-refractivity contribution in [1.29, 1.82) is 0 Å². The van der Waals surface area contributed by atoms with Crippen LogP contribution in [-0.4, -0.2) is 17.7 Å². The summed E-state index contributed by atoms with van der Waals surface area (Å²) in [7, 11) is 0. The van der Waals surface area contributed by atoms with E-state index < -0.39 is 11.8 Å². The summed E-state index contributed by atoms with van der Waals surface area (Å²) in [4.78, 5) is 38.9. The average molecular weight is 377 g/mol. The predicted molar refractivity (Wildman–Crippen MR) is 103 cm³/mol. The molecule has 0 aromatic heterocycles. The standard InChI is InChI=1S/C21H13ClN2O3/c22-18-9-5-4-8-16(18)19(25)23-13-10-11-15-17(12-13)21(27)24(20(15)26)14-6-2-1-3-7-14/h1-12H,(H,23,25). The fraction of sp³-hybridized carbons (Fsp3) is 0. The van der Waals surface area contributed by atoms with Crippen molar-refractivity contribution in [2.75, 3.05) is 10.2 Å². The van der Waals surface area contributed by atoms with Gasteiger partial charge in [0.2, 0.25) is 0 Å². The number of halogens is 1. The number of carbonyl (C=O) groups excluding carboxylic acids is 3. The lowest BCUT2D eigenvalue weighted by atomic mass is 10.1. The topological polar surface area (TPSA) is 66.5 Å². The Bertz CT molecular complexity index is 1080. The van der Waals surface area contributed by atoms with E-state index in [2.05, 4.69) is 5.32 Å². The van der Waals surface area contributed by atoms with Crippen LogP contribution in [0.5, 0.6) is 0 Å². The van der Waals surface area contributed by atoms with Crippen LogP contribution in [0.3, 0.4) is 0 Å². The highest BCUT2D eigenvalue weighted by Crippen LogP contribution is 2.30. The van der Waals surface area contributed by atoms with E-state index in [1.807, 2.05) is 6.07 Å². The highest BCUT2D eigenvalue weighted by molar-refractivity contribution is 6.35. The number of hydrogen-bond acceptors (Lipinski definition) is 3. The molecule has 1 N–H and O–H groups in total. The van der Waals surface area contributed by atoms with Gasteiger partial charge in [-0.25, -0.2) is 4.90 Å². The number of imide groups is 1. The summed E-state index contributed by atoms with van der Waals surface area (Å²) in [5.41, 5.74) is 1.80. The largest absolute Gasteiger partial charge is 0.322 e. The molecule has 0 bridgehead atoms. The molecule has 1 aliphatic heterocycles. The van der Waals surface area contributed by atoms with Gasteiger partial charge in [0.1, 0.15) is 0 Å². The van der Waals surface area contributed by atoms with E-state index in [0.717, 1.165) is 4.90 Å². The molecule has 0 atom stereocenters. The molecule has 0 saturated heterocycles. The van der Waals surface area contributed by atoms with Crippen LogP contribution in [0.1, 0.15) is 31.1 Å². The van der Waals surface area contributed by atoms with E-state index in [4.69, 9.17) is 11.6 Å². The Balaban J connectivity index is 1.64. The molecule has 0 saturated carbocycles. The van der Waals surface area contributed by atoms with Crippen LogP contribution in [0.25, 0.3) is 0 Å². The van der Waals surface area contributed by atoms with Gasteiger partial charge < -0.3 is 5.32 Å². The van der Waals surface area contributed by atoms with Crippen molar-refractivity contribution < 1.29 is 14.4 Å². The highest BCUT2D eigenvalue weighted by atomic mass is 35.5. The number of hydrogen-bond donors (Lipinski definition) is 1. The van der Waals surface area contributed by atoms with Gasteiger partial charge in [-0.2, -0.15) is 0 Å². The first-order chi connectivity index (χ1) is 13.1. The summed E-state index contributed by atoms with van der Waals surface area (Å²) in [5, 5.41) is 3.04. The molecule has 1 heterocycles. The van der Waals surface area contributed by atoms with Crippen LogP contribution < -0.4 is 10.2 Å². The maximum atomic E-state index is 12.7. The van der Waals surface area contributed by atoms with Gasteiger partial charge in [0.15, 0.2) is 0 Å². The molecule has 5 nitrogen and oxygen atoms in total. The van der Waals surface area contributed by atoms with Crippen LogP contribution >= 0.6 is 11.6 Å². The minimum absolute atomic E-state index is 0.251.